The molecule has 8 heteroatoms. The summed E-state index contributed by atoms with van der Waals surface area (Å²) in [7, 11) is 0. The van der Waals surface area contributed by atoms with Crippen LogP contribution in [0.5, 0.6) is 5.75 Å². The van der Waals surface area contributed by atoms with Gasteiger partial charge in [0.2, 0.25) is 5.82 Å². The van der Waals surface area contributed by atoms with E-state index in [-0.39, 0.29) is 12.3 Å². The number of ether oxygens (including phenoxy) is 1. The van der Waals surface area contributed by atoms with E-state index in [1.807, 2.05) is 0 Å². The Morgan fingerprint density at radius 3 is 2.19 bits per heavy atom. The average molecular weight is 292 g/mol. The van der Waals surface area contributed by atoms with Crippen LogP contribution in [0.2, 0.25) is 0 Å². The number of nitrogens with zero attached hydrogens (tertiary/aromatic N) is 2. The third-order valence-electron chi connectivity index (χ3n) is 2.66. The van der Waals surface area contributed by atoms with Crippen molar-refractivity contribution < 1.29 is 19.0 Å². The summed E-state index contributed by atoms with van der Waals surface area (Å²) in [6, 6.07) is 8.86. The second-order valence-electron chi connectivity index (χ2n) is 4.08. The second-order valence-corrected chi connectivity index (χ2v) is 4.08. The van der Waals surface area contributed by atoms with E-state index in [4.69, 9.17) is 4.74 Å². The highest BCUT2D eigenvalue weighted by molar-refractivity contribution is 5.37. The van der Waals surface area contributed by atoms with E-state index in [0.717, 1.165) is 12.1 Å². The van der Waals surface area contributed by atoms with Crippen LogP contribution in [0.3, 0.4) is 0 Å². The Morgan fingerprint density at radius 2 is 1.67 bits per heavy atom. The van der Waals surface area contributed by atoms with E-state index in [1.54, 1.807) is 0 Å². The molecule has 7 nitrogen and oxygen atoms in total. The molecule has 0 spiro atoms. The van der Waals surface area contributed by atoms with Gasteiger partial charge in [-0.1, -0.05) is 0 Å². The molecule has 0 heterocycles. The van der Waals surface area contributed by atoms with E-state index < -0.39 is 21.4 Å². The van der Waals surface area contributed by atoms with Crippen molar-refractivity contribution >= 4 is 11.4 Å². The molecule has 2 aromatic rings. The highest BCUT2D eigenvalue weighted by atomic mass is 19.1. The SMILES string of the molecule is O=[N+]([O-])c1ccc(OCc2ccc([N+](=O)[O-])c(F)c2)cc1. The second kappa shape index (κ2) is 5.95. The Labute approximate surface area is 117 Å². The fraction of sp³-hybridized carbons (Fsp3) is 0.0769. The lowest BCUT2D eigenvalue weighted by molar-refractivity contribution is -0.387. The minimum atomic E-state index is -0.940. The number of rotatable bonds is 5. The molecule has 0 aliphatic heterocycles. The van der Waals surface area contributed by atoms with Gasteiger partial charge in [0.15, 0.2) is 0 Å². The number of halogens is 1. The Bertz CT molecular complexity index is 687. The first-order valence-corrected chi connectivity index (χ1v) is 5.77. The zero-order valence-electron chi connectivity index (χ0n) is 10.6. The predicted octanol–water partition coefficient (Wildman–Crippen LogP) is 3.22. The molecular weight excluding hydrogens is 283 g/mol. The maximum Gasteiger partial charge on any atom is 0.304 e. The quantitative estimate of drug-likeness (QED) is 0.622. The maximum atomic E-state index is 13.4. The Kier molecular flexibility index (Phi) is 4.07. The maximum absolute atomic E-state index is 13.4. The molecule has 0 unspecified atom stereocenters. The summed E-state index contributed by atoms with van der Waals surface area (Å²) in [4.78, 5) is 19.6. The molecule has 0 atom stereocenters. The van der Waals surface area contributed by atoms with Crippen molar-refractivity contribution in [3.05, 3.63) is 74.1 Å². The number of non-ortho nitro benzene ring substituents is 1. The zero-order valence-corrected chi connectivity index (χ0v) is 10.6. The summed E-state index contributed by atoms with van der Waals surface area (Å²) in [5.41, 5.74) is -0.255. The van der Waals surface area contributed by atoms with Gasteiger partial charge in [0, 0.05) is 18.2 Å². The van der Waals surface area contributed by atoms with Gasteiger partial charge in [0.25, 0.3) is 5.69 Å². The topological polar surface area (TPSA) is 95.5 Å². The monoisotopic (exact) mass is 292 g/mol. The molecular formula is C13H9FN2O5. The summed E-state index contributed by atoms with van der Waals surface area (Å²) >= 11 is 0. The highest BCUT2D eigenvalue weighted by Crippen LogP contribution is 2.21. The smallest absolute Gasteiger partial charge is 0.304 e. The molecule has 108 valence electrons. The molecule has 0 aromatic heterocycles. The van der Waals surface area contributed by atoms with Crippen molar-refractivity contribution in [2.45, 2.75) is 6.61 Å². The van der Waals surface area contributed by atoms with Crippen LogP contribution in [-0.4, -0.2) is 9.85 Å². The van der Waals surface area contributed by atoms with Crippen LogP contribution in [0.1, 0.15) is 5.56 Å². The van der Waals surface area contributed by atoms with Gasteiger partial charge in [-0.05, 0) is 29.8 Å². The van der Waals surface area contributed by atoms with Crippen LogP contribution >= 0.6 is 0 Å². The first-order chi connectivity index (χ1) is 9.97. The lowest BCUT2D eigenvalue weighted by Gasteiger charge is -2.06. The molecule has 21 heavy (non-hydrogen) atoms. The number of hydrogen-bond acceptors (Lipinski definition) is 5. The molecule has 0 saturated carbocycles. The Morgan fingerprint density at radius 1 is 1.00 bits per heavy atom. The van der Waals surface area contributed by atoms with Crippen LogP contribution < -0.4 is 4.74 Å². The van der Waals surface area contributed by atoms with Crippen LogP contribution in [0.4, 0.5) is 15.8 Å². The van der Waals surface area contributed by atoms with E-state index >= 15 is 0 Å². The molecule has 0 amide bonds. The number of hydrogen-bond donors (Lipinski definition) is 0. The third-order valence-corrected chi connectivity index (χ3v) is 2.66. The predicted molar refractivity (Wildman–Crippen MR) is 70.5 cm³/mol. The first-order valence-electron chi connectivity index (χ1n) is 5.77. The lowest BCUT2D eigenvalue weighted by atomic mass is 10.2. The summed E-state index contributed by atoms with van der Waals surface area (Å²) < 4.78 is 18.7. The van der Waals surface area contributed by atoms with E-state index in [1.165, 1.54) is 30.3 Å². The van der Waals surface area contributed by atoms with Gasteiger partial charge >= 0.3 is 5.69 Å². The molecule has 0 bridgehead atoms. The van der Waals surface area contributed by atoms with Crippen LogP contribution in [0.25, 0.3) is 0 Å². The molecule has 0 aliphatic carbocycles. The van der Waals surface area contributed by atoms with Crippen molar-refractivity contribution in [2.75, 3.05) is 0 Å². The summed E-state index contributed by atoms with van der Waals surface area (Å²) in [6.45, 7) is -0.00722. The van der Waals surface area contributed by atoms with Crippen molar-refractivity contribution in [1.82, 2.24) is 0 Å². The van der Waals surface area contributed by atoms with Gasteiger partial charge < -0.3 is 4.74 Å². The zero-order chi connectivity index (χ0) is 15.4. The van der Waals surface area contributed by atoms with Crippen molar-refractivity contribution in [2.24, 2.45) is 0 Å². The van der Waals surface area contributed by atoms with Gasteiger partial charge in [-0.15, -0.1) is 0 Å². The highest BCUT2D eigenvalue weighted by Gasteiger charge is 2.13. The lowest BCUT2D eigenvalue weighted by Crippen LogP contribution is -1.98. The third kappa shape index (κ3) is 3.50. The minimum Gasteiger partial charge on any atom is -0.489 e. The number of benzene rings is 2. The van der Waals surface area contributed by atoms with E-state index in [9.17, 15) is 24.6 Å². The molecule has 2 aromatic carbocycles. The summed E-state index contributed by atoms with van der Waals surface area (Å²) in [5, 5.41) is 21.0. The van der Waals surface area contributed by atoms with E-state index in [2.05, 4.69) is 0 Å². The van der Waals surface area contributed by atoms with Crippen LogP contribution in [-0.2, 0) is 6.61 Å². The number of nitro groups is 2. The fourth-order valence-corrected chi connectivity index (χ4v) is 1.62. The Hall–Kier alpha value is -3.03. The molecule has 0 radical (unpaired) electrons. The largest absolute Gasteiger partial charge is 0.489 e. The fourth-order valence-electron chi connectivity index (χ4n) is 1.62. The van der Waals surface area contributed by atoms with Crippen LogP contribution in [0, 0.1) is 26.0 Å². The first kappa shape index (κ1) is 14.4. The van der Waals surface area contributed by atoms with Gasteiger partial charge in [-0.25, -0.2) is 0 Å². The Balaban J connectivity index is 2.04. The van der Waals surface area contributed by atoms with Crippen molar-refractivity contribution in [1.29, 1.82) is 0 Å². The van der Waals surface area contributed by atoms with Gasteiger partial charge in [0.1, 0.15) is 12.4 Å². The average Bonchev–Trinajstić information content (AvgIpc) is 2.45. The van der Waals surface area contributed by atoms with Crippen molar-refractivity contribution in [3.63, 3.8) is 0 Å². The van der Waals surface area contributed by atoms with Gasteiger partial charge in [0.05, 0.1) is 9.85 Å². The van der Waals surface area contributed by atoms with Gasteiger partial charge in [-0.2, -0.15) is 4.39 Å². The van der Waals surface area contributed by atoms with Gasteiger partial charge in [-0.3, -0.25) is 20.2 Å². The van der Waals surface area contributed by atoms with Crippen LogP contribution in [0.15, 0.2) is 42.5 Å². The summed E-state index contributed by atoms with van der Waals surface area (Å²) in [6.07, 6.45) is 0. The molecule has 0 N–H and O–H groups in total. The number of nitro benzene ring substituents is 2. The molecule has 0 fully saturated rings. The molecule has 0 aliphatic rings. The minimum absolute atomic E-state index is 0.00722. The summed E-state index contributed by atoms with van der Waals surface area (Å²) in [5.74, 6) is -0.566. The normalized spacial score (nSPS) is 10.1. The molecule has 0 saturated heterocycles. The van der Waals surface area contributed by atoms with E-state index in [0.29, 0.717) is 11.3 Å². The molecule has 2 rings (SSSR count). The standard InChI is InChI=1S/C13H9FN2O5/c14-12-7-9(1-6-13(12)16(19)20)8-21-11-4-2-10(3-5-11)15(17)18/h1-7H,8H2. The van der Waals surface area contributed by atoms with Crippen molar-refractivity contribution in [3.8, 4) is 5.75 Å².